The van der Waals surface area contributed by atoms with E-state index in [9.17, 15) is 13.2 Å². The minimum Gasteiger partial charge on any atom is -0.347 e. The monoisotopic (exact) mass is 352 g/mol. The quantitative estimate of drug-likeness (QED) is 0.839. The first kappa shape index (κ1) is 17.7. The van der Waals surface area contributed by atoms with Gasteiger partial charge in [0.25, 0.3) is 5.91 Å². The third kappa shape index (κ3) is 4.19. The molecule has 2 rings (SSSR count). The maximum absolute atomic E-state index is 12.4. The number of sulfonamides is 1. The van der Waals surface area contributed by atoms with Crippen molar-refractivity contribution in [2.75, 3.05) is 6.54 Å². The van der Waals surface area contributed by atoms with Crippen molar-refractivity contribution in [3.63, 3.8) is 0 Å². The van der Waals surface area contributed by atoms with Crippen LogP contribution >= 0.6 is 11.3 Å². The van der Waals surface area contributed by atoms with Gasteiger partial charge in [0.2, 0.25) is 10.0 Å². The first-order valence-electron chi connectivity index (χ1n) is 7.26. The number of aryl methyl sites for hydroxylation is 2. The molecule has 0 aliphatic carbocycles. The molecule has 2 N–H and O–H groups in total. The highest BCUT2D eigenvalue weighted by atomic mass is 32.2. The zero-order chi connectivity index (χ0) is 17.0. The maximum atomic E-state index is 12.4. The van der Waals surface area contributed by atoms with Crippen molar-refractivity contribution in [3.8, 4) is 0 Å². The van der Waals surface area contributed by atoms with Crippen LogP contribution in [-0.2, 0) is 16.6 Å². The number of hydrogen-bond acceptors (Lipinski definition) is 4. The smallest absolute Gasteiger partial charge is 0.251 e. The minimum absolute atomic E-state index is 0.0994. The lowest BCUT2D eigenvalue weighted by Crippen LogP contribution is -2.26. The Labute approximate surface area is 140 Å². The fraction of sp³-hybridized carbons (Fsp3) is 0.312. The average Bonchev–Trinajstić information content (AvgIpc) is 2.90. The van der Waals surface area contributed by atoms with Crippen LogP contribution < -0.4 is 10.0 Å². The molecule has 1 amide bonds. The molecule has 1 heterocycles. The summed E-state index contributed by atoms with van der Waals surface area (Å²) in [5.41, 5.74) is 2.24. The van der Waals surface area contributed by atoms with E-state index in [2.05, 4.69) is 10.0 Å². The van der Waals surface area contributed by atoms with Gasteiger partial charge in [0, 0.05) is 17.0 Å². The summed E-state index contributed by atoms with van der Waals surface area (Å²) in [6.07, 6.45) is 0. The van der Waals surface area contributed by atoms with E-state index in [4.69, 9.17) is 0 Å². The van der Waals surface area contributed by atoms with Crippen LogP contribution in [0.15, 0.2) is 34.5 Å². The van der Waals surface area contributed by atoms with Crippen LogP contribution in [0.5, 0.6) is 0 Å². The molecule has 0 atom stereocenters. The summed E-state index contributed by atoms with van der Waals surface area (Å²) in [6.45, 7) is 6.23. The van der Waals surface area contributed by atoms with Crippen molar-refractivity contribution in [1.29, 1.82) is 0 Å². The van der Waals surface area contributed by atoms with Gasteiger partial charge in [0.05, 0.1) is 11.4 Å². The van der Waals surface area contributed by atoms with E-state index >= 15 is 0 Å². The molecule has 0 bridgehead atoms. The Balaban J connectivity index is 2.21. The first-order valence-corrected chi connectivity index (χ1v) is 9.63. The molecule has 0 saturated heterocycles. The van der Waals surface area contributed by atoms with E-state index in [1.54, 1.807) is 31.3 Å². The summed E-state index contributed by atoms with van der Waals surface area (Å²) in [6, 6.07) is 6.58. The molecule has 0 aliphatic heterocycles. The van der Waals surface area contributed by atoms with Gasteiger partial charge in [-0.3, -0.25) is 4.79 Å². The van der Waals surface area contributed by atoms with Gasteiger partial charge in [0.1, 0.15) is 0 Å². The van der Waals surface area contributed by atoms with Gasteiger partial charge in [-0.2, -0.15) is 0 Å². The van der Waals surface area contributed by atoms with E-state index in [1.165, 1.54) is 12.1 Å². The van der Waals surface area contributed by atoms with Gasteiger partial charge < -0.3 is 5.32 Å². The highest BCUT2D eigenvalue weighted by Gasteiger charge is 2.17. The molecule has 5 nitrogen and oxygen atoms in total. The fourth-order valence-corrected chi connectivity index (χ4v) is 4.04. The Hall–Kier alpha value is -1.70. The molecule has 0 radical (unpaired) electrons. The lowest BCUT2D eigenvalue weighted by Gasteiger charge is -2.10. The predicted octanol–water partition coefficient (Wildman–Crippen LogP) is 2.59. The summed E-state index contributed by atoms with van der Waals surface area (Å²) in [5, 5.41) is 4.83. The molecule has 0 saturated carbocycles. The van der Waals surface area contributed by atoms with E-state index in [-0.39, 0.29) is 10.8 Å². The van der Waals surface area contributed by atoms with Crippen molar-refractivity contribution in [1.82, 2.24) is 10.0 Å². The van der Waals surface area contributed by atoms with Crippen LogP contribution in [0, 0.1) is 13.8 Å². The number of benzene rings is 1. The van der Waals surface area contributed by atoms with Crippen molar-refractivity contribution in [2.24, 2.45) is 0 Å². The van der Waals surface area contributed by atoms with Crippen molar-refractivity contribution >= 4 is 27.3 Å². The van der Waals surface area contributed by atoms with Crippen LogP contribution in [0.3, 0.4) is 0 Å². The molecule has 0 fully saturated rings. The van der Waals surface area contributed by atoms with E-state index in [0.29, 0.717) is 18.7 Å². The number of carbonyl (C=O) groups is 1. The van der Waals surface area contributed by atoms with Crippen LogP contribution in [0.1, 0.15) is 33.3 Å². The van der Waals surface area contributed by atoms with E-state index < -0.39 is 10.0 Å². The van der Waals surface area contributed by atoms with Gasteiger partial charge in [0.15, 0.2) is 0 Å². The lowest BCUT2D eigenvalue weighted by molar-refractivity contribution is 0.0950. The molecule has 0 unspecified atom stereocenters. The fourth-order valence-electron chi connectivity index (χ4n) is 2.13. The standard InChI is InChI=1S/C16H20N2O3S2/c1-4-18-23(20,21)13-6-5-11(2)14(9-13)16(19)17-10-15-12(3)7-8-22-15/h5-9,18H,4,10H2,1-3H3,(H,17,19). The minimum atomic E-state index is -3.58. The van der Waals surface area contributed by atoms with Gasteiger partial charge in [-0.05, 0) is 48.6 Å². The summed E-state index contributed by atoms with van der Waals surface area (Å²) in [5.74, 6) is -0.274. The lowest BCUT2D eigenvalue weighted by atomic mass is 10.1. The molecule has 2 aromatic rings. The topological polar surface area (TPSA) is 75.3 Å². The second kappa shape index (κ2) is 7.25. The zero-order valence-corrected chi connectivity index (χ0v) is 15.0. The van der Waals surface area contributed by atoms with Crippen LogP contribution in [-0.4, -0.2) is 20.9 Å². The van der Waals surface area contributed by atoms with Crippen LogP contribution in [0.25, 0.3) is 0 Å². The summed E-state index contributed by atoms with van der Waals surface area (Å²) < 4.78 is 26.6. The molecule has 1 aromatic carbocycles. The maximum Gasteiger partial charge on any atom is 0.251 e. The first-order chi connectivity index (χ1) is 10.8. The van der Waals surface area contributed by atoms with Gasteiger partial charge >= 0.3 is 0 Å². The number of thiophene rings is 1. The Bertz CT molecular complexity index is 810. The number of nitrogens with one attached hydrogen (secondary N) is 2. The number of amides is 1. The van der Waals surface area contributed by atoms with Gasteiger partial charge in [-0.25, -0.2) is 13.1 Å². The zero-order valence-electron chi connectivity index (χ0n) is 13.3. The third-order valence-electron chi connectivity index (χ3n) is 3.48. The Morgan fingerprint density at radius 1 is 1.17 bits per heavy atom. The molecule has 0 aliphatic rings. The van der Waals surface area contributed by atoms with Crippen molar-refractivity contribution < 1.29 is 13.2 Å². The van der Waals surface area contributed by atoms with E-state index in [1.807, 2.05) is 18.4 Å². The second-order valence-corrected chi connectivity index (χ2v) is 7.96. The predicted molar refractivity (Wildman–Crippen MR) is 92.3 cm³/mol. The largest absolute Gasteiger partial charge is 0.347 e. The van der Waals surface area contributed by atoms with Crippen LogP contribution in [0.2, 0.25) is 0 Å². The molecule has 7 heteroatoms. The van der Waals surface area contributed by atoms with Gasteiger partial charge in [-0.15, -0.1) is 11.3 Å². The molecule has 1 aromatic heterocycles. The average molecular weight is 352 g/mol. The normalized spacial score (nSPS) is 11.4. The Morgan fingerprint density at radius 2 is 1.91 bits per heavy atom. The molecule has 23 heavy (non-hydrogen) atoms. The highest BCUT2D eigenvalue weighted by Crippen LogP contribution is 2.17. The number of hydrogen-bond donors (Lipinski definition) is 2. The molecule has 124 valence electrons. The van der Waals surface area contributed by atoms with Gasteiger partial charge in [-0.1, -0.05) is 13.0 Å². The summed E-state index contributed by atoms with van der Waals surface area (Å²) in [4.78, 5) is 13.6. The van der Waals surface area contributed by atoms with Crippen molar-refractivity contribution in [3.05, 3.63) is 51.2 Å². The third-order valence-corrected chi connectivity index (χ3v) is 6.04. The van der Waals surface area contributed by atoms with Crippen LogP contribution in [0.4, 0.5) is 0 Å². The molecule has 0 spiro atoms. The van der Waals surface area contributed by atoms with Crippen molar-refractivity contribution in [2.45, 2.75) is 32.2 Å². The molecular formula is C16H20N2O3S2. The molecular weight excluding hydrogens is 332 g/mol. The SMILES string of the molecule is CCNS(=O)(=O)c1ccc(C)c(C(=O)NCc2sccc2C)c1. The summed E-state index contributed by atoms with van der Waals surface area (Å²) >= 11 is 1.58. The highest BCUT2D eigenvalue weighted by molar-refractivity contribution is 7.89. The van der Waals surface area contributed by atoms with E-state index in [0.717, 1.165) is 16.0 Å². The number of carbonyl (C=O) groups excluding carboxylic acids is 1. The summed E-state index contributed by atoms with van der Waals surface area (Å²) in [7, 11) is -3.58. The Kier molecular flexibility index (Phi) is 5.56. The number of rotatable bonds is 6. The Morgan fingerprint density at radius 3 is 2.52 bits per heavy atom. The second-order valence-electron chi connectivity index (χ2n) is 5.19.